The minimum atomic E-state index is -0.203. The Morgan fingerprint density at radius 2 is 1.94 bits per heavy atom. The molecule has 2 fully saturated rings. The van der Waals surface area contributed by atoms with Crippen molar-refractivity contribution in [2.24, 2.45) is 0 Å². The lowest BCUT2D eigenvalue weighted by atomic mass is 9.95. The number of nitrogens with zero attached hydrogens (tertiary/aromatic N) is 1. The van der Waals surface area contributed by atoms with Gasteiger partial charge in [0.05, 0.1) is 18.2 Å². The van der Waals surface area contributed by atoms with E-state index < -0.39 is 0 Å². The van der Waals surface area contributed by atoms with E-state index in [9.17, 15) is 4.79 Å². The first kappa shape index (κ1) is 13.7. The Bertz CT molecular complexity index is 298. The van der Waals surface area contributed by atoms with Crippen molar-refractivity contribution in [1.82, 2.24) is 10.2 Å². The van der Waals surface area contributed by atoms with Gasteiger partial charge < -0.3 is 15.0 Å². The molecule has 18 heavy (non-hydrogen) atoms. The number of rotatable bonds is 1. The fourth-order valence-electron chi connectivity index (χ4n) is 2.84. The van der Waals surface area contributed by atoms with Gasteiger partial charge >= 0.3 is 6.03 Å². The molecular formula is C14H26N2O2. The van der Waals surface area contributed by atoms with E-state index in [0.29, 0.717) is 19.2 Å². The highest BCUT2D eigenvalue weighted by atomic mass is 16.5. The molecule has 0 aromatic rings. The zero-order chi connectivity index (χ0) is 13.2. The number of nitrogens with one attached hydrogen (secondary N) is 1. The van der Waals surface area contributed by atoms with E-state index in [-0.39, 0.29) is 17.7 Å². The Labute approximate surface area is 110 Å². The second-order valence-corrected chi connectivity index (χ2v) is 6.33. The molecule has 1 saturated heterocycles. The molecule has 2 rings (SSSR count). The second kappa shape index (κ2) is 5.47. The van der Waals surface area contributed by atoms with E-state index in [2.05, 4.69) is 19.2 Å². The maximum Gasteiger partial charge on any atom is 0.318 e. The van der Waals surface area contributed by atoms with Gasteiger partial charge in [0.25, 0.3) is 0 Å². The standard InChI is InChI=1S/C14H26N2O2/c1-11-9-16(14(2,3)10-18-11)13(17)15-12-7-5-4-6-8-12/h11-12H,4-10H2,1-3H3,(H,15,17). The molecule has 4 heteroatoms. The topological polar surface area (TPSA) is 41.6 Å². The third-order valence-electron chi connectivity index (χ3n) is 4.07. The molecule has 2 aliphatic rings. The van der Waals surface area contributed by atoms with Crippen LogP contribution in [-0.4, -0.2) is 41.8 Å². The van der Waals surface area contributed by atoms with Crippen molar-refractivity contribution in [2.75, 3.05) is 13.2 Å². The first-order valence-electron chi connectivity index (χ1n) is 7.19. The van der Waals surface area contributed by atoms with Crippen LogP contribution in [0.25, 0.3) is 0 Å². The van der Waals surface area contributed by atoms with Gasteiger partial charge in [-0.2, -0.15) is 0 Å². The van der Waals surface area contributed by atoms with Crippen LogP contribution in [0.1, 0.15) is 52.9 Å². The molecule has 0 bridgehead atoms. The van der Waals surface area contributed by atoms with Crippen molar-refractivity contribution < 1.29 is 9.53 Å². The smallest absolute Gasteiger partial charge is 0.318 e. The molecular weight excluding hydrogens is 228 g/mol. The van der Waals surface area contributed by atoms with E-state index >= 15 is 0 Å². The number of amides is 2. The lowest BCUT2D eigenvalue weighted by Gasteiger charge is -2.45. The normalized spacial score (nSPS) is 29.1. The number of hydrogen-bond acceptors (Lipinski definition) is 2. The Hall–Kier alpha value is -0.770. The summed E-state index contributed by atoms with van der Waals surface area (Å²) in [5.41, 5.74) is -0.203. The molecule has 0 aromatic carbocycles. The van der Waals surface area contributed by atoms with E-state index in [0.717, 1.165) is 12.8 Å². The van der Waals surface area contributed by atoms with Gasteiger partial charge in [0.1, 0.15) is 0 Å². The number of carbonyl (C=O) groups is 1. The molecule has 4 nitrogen and oxygen atoms in total. The summed E-state index contributed by atoms with van der Waals surface area (Å²) < 4.78 is 5.64. The van der Waals surface area contributed by atoms with E-state index in [1.54, 1.807) is 0 Å². The van der Waals surface area contributed by atoms with Crippen molar-refractivity contribution in [3.8, 4) is 0 Å². The largest absolute Gasteiger partial charge is 0.374 e. The summed E-state index contributed by atoms with van der Waals surface area (Å²) in [5, 5.41) is 3.20. The van der Waals surface area contributed by atoms with Crippen molar-refractivity contribution in [2.45, 2.75) is 70.6 Å². The van der Waals surface area contributed by atoms with Crippen LogP contribution in [0.3, 0.4) is 0 Å². The van der Waals surface area contributed by atoms with Crippen LogP contribution in [-0.2, 0) is 4.74 Å². The minimum absolute atomic E-state index is 0.0852. The third kappa shape index (κ3) is 3.16. The van der Waals surface area contributed by atoms with Gasteiger partial charge in [0.2, 0.25) is 0 Å². The van der Waals surface area contributed by atoms with Gasteiger partial charge in [-0.25, -0.2) is 4.79 Å². The van der Waals surface area contributed by atoms with E-state index in [4.69, 9.17) is 4.74 Å². The average molecular weight is 254 g/mol. The summed E-state index contributed by atoms with van der Waals surface area (Å²) in [4.78, 5) is 14.3. The van der Waals surface area contributed by atoms with Crippen molar-refractivity contribution in [1.29, 1.82) is 0 Å². The van der Waals surface area contributed by atoms with Crippen LogP contribution in [0, 0.1) is 0 Å². The monoisotopic (exact) mass is 254 g/mol. The molecule has 1 aliphatic heterocycles. The Morgan fingerprint density at radius 1 is 1.28 bits per heavy atom. The Balaban J connectivity index is 1.93. The number of hydrogen-bond donors (Lipinski definition) is 1. The second-order valence-electron chi connectivity index (χ2n) is 6.33. The van der Waals surface area contributed by atoms with Crippen LogP contribution in [0.5, 0.6) is 0 Å². The summed E-state index contributed by atoms with van der Waals surface area (Å²) in [6, 6.07) is 0.460. The van der Waals surface area contributed by atoms with Gasteiger partial charge in [-0.15, -0.1) is 0 Å². The highest BCUT2D eigenvalue weighted by Gasteiger charge is 2.37. The van der Waals surface area contributed by atoms with Crippen LogP contribution in [0.15, 0.2) is 0 Å². The molecule has 0 aromatic heterocycles. The molecule has 1 unspecified atom stereocenters. The summed E-state index contributed by atoms with van der Waals surface area (Å²) in [6.07, 6.45) is 6.20. The molecule has 1 atom stereocenters. The molecule has 104 valence electrons. The van der Waals surface area contributed by atoms with Gasteiger partial charge in [0, 0.05) is 12.6 Å². The van der Waals surface area contributed by atoms with Gasteiger partial charge in [-0.1, -0.05) is 19.3 Å². The van der Waals surface area contributed by atoms with Crippen molar-refractivity contribution >= 4 is 6.03 Å². The minimum Gasteiger partial charge on any atom is -0.374 e. The zero-order valence-electron chi connectivity index (χ0n) is 11.9. The van der Waals surface area contributed by atoms with Crippen molar-refractivity contribution in [3.05, 3.63) is 0 Å². The first-order chi connectivity index (χ1) is 8.49. The van der Waals surface area contributed by atoms with Crippen molar-refractivity contribution in [3.63, 3.8) is 0 Å². The van der Waals surface area contributed by atoms with E-state index in [1.165, 1.54) is 19.3 Å². The van der Waals surface area contributed by atoms with E-state index in [1.807, 2.05) is 11.8 Å². The molecule has 1 saturated carbocycles. The highest BCUT2D eigenvalue weighted by Crippen LogP contribution is 2.23. The van der Waals surface area contributed by atoms with Crippen LogP contribution >= 0.6 is 0 Å². The van der Waals surface area contributed by atoms with Crippen LogP contribution in [0.4, 0.5) is 4.79 Å². The molecule has 1 aliphatic carbocycles. The lowest BCUT2D eigenvalue weighted by molar-refractivity contribution is -0.0711. The highest BCUT2D eigenvalue weighted by molar-refractivity contribution is 5.75. The van der Waals surface area contributed by atoms with Gasteiger partial charge in [-0.3, -0.25) is 0 Å². The SMILES string of the molecule is CC1CN(C(=O)NC2CCCCC2)C(C)(C)CO1. The zero-order valence-corrected chi connectivity index (χ0v) is 11.9. The maximum absolute atomic E-state index is 12.4. The lowest BCUT2D eigenvalue weighted by Crippen LogP contribution is -2.61. The summed E-state index contributed by atoms with van der Waals surface area (Å²) in [7, 11) is 0. The summed E-state index contributed by atoms with van der Waals surface area (Å²) >= 11 is 0. The molecule has 0 spiro atoms. The first-order valence-corrected chi connectivity index (χ1v) is 7.19. The summed E-state index contributed by atoms with van der Waals surface area (Å²) in [5.74, 6) is 0. The number of ether oxygens (including phenoxy) is 1. The van der Waals surface area contributed by atoms with Crippen LogP contribution < -0.4 is 5.32 Å². The fraction of sp³-hybridized carbons (Fsp3) is 0.929. The molecule has 2 amide bonds. The third-order valence-corrected chi connectivity index (χ3v) is 4.07. The predicted molar refractivity (Wildman–Crippen MR) is 71.6 cm³/mol. The molecule has 1 heterocycles. The number of morpholine rings is 1. The molecule has 1 N–H and O–H groups in total. The maximum atomic E-state index is 12.4. The summed E-state index contributed by atoms with van der Waals surface area (Å²) in [6.45, 7) is 7.46. The fourth-order valence-corrected chi connectivity index (χ4v) is 2.84. The van der Waals surface area contributed by atoms with Gasteiger partial charge in [-0.05, 0) is 33.6 Å². The Morgan fingerprint density at radius 3 is 2.61 bits per heavy atom. The quantitative estimate of drug-likeness (QED) is 0.781. The number of carbonyl (C=O) groups excluding carboxylic acids is 1. The molecule has 0 radical (unpaired) electrons. The Kier molecular flexibility index (Phi) is 4.15. The van der Waals surface area contributed by atoms with Gasteiger partial charge in [0.15, 0.2) is 0 Å². The number of urea groups is 1. The predicted octanol–water partition coefficient (Wildman–Crippen LogP) is 2.53. The average Bonchev–Trinajstić information content (AvgIpc) is 2.33. The van der Waals surface area contributed by atoms with Crippen LogP contribution in [0.2, 0.25) is 0 Å².